The third-order valence-corrected chi connectivity index (χ3v) is 2.31. The van der Waals surface area contributed by atoms with Crippen LogP contribution in [0, 0.1) is 0 Å². The molecule has 0 unspecified atom stereocenters. The SMILES string of the molecule is NCCN.O=C([O-])CN(CCN(CC(=O)[O-])CC(=O)[O-])CC(=O)[O-].[Fe+3].[NH4+]. The van der Waals surface area contributed by atoms with Gasteiger partial charge in [-0.05, 0) is 0 Å². The Morgan fingerprint density at radius 1 is 0.615 bits per heavy atom. The molecule has 0 aromatic heterocycles. The van der Waals surface area contributed by atoms with Crippen LogP contribution in [0.5, 0.6) is 0 Å². The summed E-state index contributed by atoms with van der Waals surface area (Å²) in [7, 11) is 0. The summed E-state index contributed by atoms with van der Waals surface area (Å²) in [6.07, 6.45) is 0. The van der Waals surface area contributed by atoms with Crippen molar-refractivity contribution in [1.82, 2.24) is 16.0 Å². The molecule has 26 heavy (non-hydrogen) atoms. The molecule has 0 bridgehead atoms. The summed E-state index contributed by atoms with van der Waals surface area (Å²) in [6.45, 7) is -2.06. The van der Waals surface area contributed by atoms with Crippen molar-refractivity contribution < 1.29 is 56.7 Å². The van der Waals surface area contributed by atoms with Crippen molar-refractivity contribution >= 4 is 23.9 Å². The molecule has 13 nitrogen and oxygen atoms in total. The van der Waals surface area contributed by atoms with Gasteiger partial charge in [-0.1, -0.05) is 0 Å². The van der Waals surface area contributed by atoms with E-state index in [1.807, 2.05) is 0 Å². The number of carboxylic acids is 4. The van der Waals surface area contributed by atoms with Gasteiger partial charge in [-0.25, -0.2) is 0 Å². The molecule has 0 atom stereocenters. The summed E-state index contributed by atoms with van der Waals surface area (Å²) in [5.41, 5.74) is 9.81. The van der Waals surface area contributed by atoms with Crippen LogP contribution in [0.4, 0.5) is 0 Å². The molecule has 0 aliphatic rings. The molecule has 0 saturated carbocycles. The number of carboxylic acid groups (broad SMARTS) is 4. The fourth-order valence-electron chi connectivity index (χ4n) is 1.44. The Morgan fingerprint density at radius 2 is 0.808 bits per heavy atom. The minimum absolute atomic E-state index is 0. The van der Waals surface area contributed by atoms with Gasteiger partial charge in [0.15, 0.2) is 0 Å². The Balaban J connectivity index is -0.000000363. The van der Waals surface area contributed by atoms with E-state index in [9.17, 15) is 39.6 Å². The second-order valence-electron chi connectivity index (χ2n) is 4.49. The second kappa shape index (κ2) is 19.5. The predicted molar refractivity (Wildman–Crippen MR) is 77.0 cm³/mol. The summed E-state index contributed by atoms with van der Waals surface area (Å²) >= 11 is 0. The van der Waals surface area contributed by atoms with Crippen LogP contribution in [0.2, 0.25) is 0 Å². The van der Waals surface area contributed by atoms with E-state index >= 15 is 0 Å². The number of carbonyl (C=O) groups is 4. The molecule has 0 amide bonds. The molecule has 0 aromatic carbocycles. The van der Waals surface area contributed by atoms with E-state index in [1.165, 1.54) is 0 Å². The van der Waals surface area contributed by atoms with Crippen LogP contribution in [0.25, 0.3) is 0 Å². The van der Waals surface area contributed by atoms with Crippen molar-refractivity contribution in [2.45, 2.75) is 0 Å². The first-order valence-electron chi connectivity index (χ1n) is 6.76. The number of rotatable bonds is 12. The van der Waals surface area contributed by atoms with Gasteiger partial charge in [0, 0.05) is 52.4 Å². The molecular weight excluding hydrogens is 398 g/mol. The zero-order valence-corrected chi connectivity index (χ0v) is 15.4. The number of aliphatic carboxylic acids is 4. The first kappa shape index (κ1) is 31.9. The van der Waals surface area contributed by atoms with E-state index in [4.69, 9.17) is 11.5 Å². The van der Waals surface area contributed by atoms with E-state index in [0.717, 1.165) is 9.80 Å². The second-order valence-corrected chi connectivity index (χ2v) is 4.49. The molecular formula is C12H24FeN5O8. The largest absolute Gasteiger partial charge is 3.00 e. The van der Waals surface area contributed by atoms with Gasteiger partial charge in [-0.3, -0.25) is 9.80 Å². The maximum Gasteiger partial charge on any atom is 3.00 e. The zero-order valence-electron chi connectivity index (χ0n) is 14.3. The quantitative estimate of drug-likeness (QED) is 0.248. The van der Waals surface area contributed by atoms with E-state index in [1.54, 1.807) is 0 Å². The molecule has 1 radical (unpaired) electrons. The van der Waals surface area contributed by atoms with Crippen LogP contribution in [0.1, 0.15) is 0 Å². The van der Waals surface area contributed by atoms with Gasteiger partial charge in [0.2, 0.25) is 0 Å². The molecule has 0 aliphatic heterocycles. The monoisotopic (exact) mass is 422 g/mol. The summed E-state index contributed by atoms with van der Waals surface area (Å²) in [4.78, 5) is 43.4. The van der Waals surface area contributed by atoms with Crippen molar-refractivity contribution in [1.29, 1.82) is 0 Å². The number of hydrogen-bond acceptors (Lipinski definition) is 12. The van der Waals surface area contributed by atoms with Gasteiger partial charge in [0.1, 0.15) is 0 Å². The van der Waals surface area contributed by atoms with Crippen molar-refractivity contribution in [3.63, 3.8) is 0 Å². The van der Waals surface area contributed by atoms with Crippen LogP contribution < -0.4 is 38.0 Å². The first-order chi connectivity index (χ1) is 11.1. The van der Waals surface area contributed by atoms with Gasteiger partial charge >= 0.3 is 17.1 Å². The van der Waals surface area contributed by atoms with Crippen molar-refractivity contribution in [2.24, 2.45) is 11.5 Å². The van der Waals surface area contributed by atoms with E-state index in [2.05, 4.69) is 0 Å². The first-order valence-corrected chi connectivity index (χ1v) is 6.76. The number of nitrogens with zero attached hydrogens (tertiary/aromatic N) is 2. The number of nitrogens with two attached hydrogens (primary N) is 2. The molecule has 153 valence electrons. The minimum atomic E-state index is -1.53. The summed E-state index contributed by atoms with van der Waals surface area (Å²) in [5, 5.41) is 41.6. The van der Waals surface area contributed by atoms with Crippen LogP contribution in [-0.4, -0.2) is 86.0 Å². The topological polar surface area (TPSA) is 256 Å². The summed E-state index contributed by atoms with van der Waals surface area (Å²) in [6, 6.07) is 0. The van der Waals surface area contributed by atoms with E-state index < -0.39 is 50.1 Å². The maximum atomic E-state index is 10.4. The van der Waals surface area contributed by atoms with Crippen LogP contribution >= 0.6 is 0 Å². The van der Waals surface area contributed by atoms with Gasteiger partial charge in [0.05, 0.1) is 23.9 Å². The Hall–Kier alpha value is -1.80. The molecule has 0 heterocycles. The third kappa shape index (κ3) is 24.5. The Labute approximate surface area is 161 Å². The molecule has 0 aromatic rings. The van der Waals surface area contributed by atoms with Crippen LogP contribution in [-0.2, 0) is 36.2 Å². The third-order valence-electron chi connectivity index (χ3n) is 2.31. The van der Waals surface area contributed by atoms with Gasteiger partial charge in [-0.15, -0.1) is 0 Å². The van der Waals surface area contributed by atoms with Gasteiger partial charge in [0.25, 0.3) is 0 Å². The van der Waals surface area contributed by atoms with Gasteiger partial charge in [-0.2, -0.15) is 0 Å². The molecule has 0 rings (SSSR count). The zero-order chi connectivity index (χ0) is 19.1. The minimum Gasteiger partial charge on any atom is -0.549 e. The van der Waals surface area contributed by atoms with Crippen LogP contribution in [0.3, 0.4) is 0 Å². The maximum absolute atomic E-state index is 10.4. The summed E-state index contributed by atoms with van der Waals surface area (Å²) in [5.74, 6) is -6.12. The Bertz CT molecular complexity index is 356. The molecule has 0 aliphatic carbocycles. The van der Waals surface area contributed by atoms with Crippen molar-refractivity contribution in [2.75, 3.05) is 52.4 Å². The Kier molecular flexibility index (Phi) is 24.0. The van der Waals surface area contributed by atoms with Crippen LogP contribution in [0.15, 0.2) is 0 Å². The summed E-state index contributed by atoms with van der Waals surface area (Å²) < 4.78 is 0. The molecule has 0 spiro atoms. The number of quaternary nitrogens is 1. The van der Waals surface area contributed by atoms with E-state index in [0.29, 0.717) is 13.1 Å². The number of hydrogen-bond donors (Lipinski definition) is 3. The fourth-order valence-corrected chi connectivity index (χ4v) is 1.44. The predicted octanol–water partition coefficient (Wildman–Crippen LogP) is -8.13. The normalized spacial score (nSPS) is 9.38. The van der Waals surface area contributed by atoms with Crippen molar-refractivity contribution in [3.05, 3.63) is 0 Å². The molecule has 0 saturated heterocycles. The smallest absolute Gasteiger partial charge is 0.549 e. The average Bonchev–Trinajstić information content (AvgIpc) is 2.42. The van der Waals surface area contributed by atoms with Crippen molar-refractivity contribution in [3.8, 4) is 0 Å². The standard InChI is InChI=1S/C10H16N2O8.C2H8N2.Fe.H3N/c13-7(14)3-11(4-8(15)16)1-2-12(5-9(17)18)6-10(19)20;3-1-2-4;;/h1-6H2,(H,13,14)(H,15,16)(H,17,18)(H,19,20);1-4H2;;1H3/q;;+3;/p-3. The Morgan fingerprint density at radius 3 is 0.923 bits per heavy atom. The number of carbonyl (C=O) groups excluding carboxylic acids is 4. The molecule has 0 fully saturated rings. The van der Waals surface area contributed by atoms with Gasteiger partial charge < -0.3 is 57.2 Å². The molecule has 14 heteroatoms. The fraction of sp³-hybridized carbons (Fsp3) is 0.667. The average molecular weight is 422 g/mol. The molecule has 8 N–H and O–H groups in total. The van der Waals surface area contributed by atoms with E-state index in [-0.39, 0.29) is 36.3 Å².